The van der Waals surface area contributed by atoms with Crippen LogP contribution in [0.5, 0.6) is 0 Å². The van der Waals surface area contributed by atoms with Gasteiger partial charge in [0.05, 0.1) is 12.2 Å². The summed E-state index contributed by atoms with van der Waals surface area (Å²) >= 11 is 7.65. The first-order valence-corrected chi connectivity index (χ1v) is 9.33. The predicted octanol–water partition coefficient (Wildman–Crippen LogP) is 3.92. The van der Waals surface area contributed by atoms with Gasteiger partial charge in [0.15, 0.2) is 11.1 Å². The fraction of sp³-hybridized carbons (Fsp3) is 0.412. The minimum absolute atomic E-state index is 0. The van der Waals surface area contributed by atoms with Crippen LogP contribution in [-0.4, -0.2) is 38.1 Å². The molecule has 0 bridgehead atoms. The summed E-state index contributed by atoms with van der Waals surface area (Å²) in [4.78, 5) is 11.0. The Morgan fingerprint density at radius 3 is 2.73 bits per heavy atom. The number of thiazole rings is 1. The number of nitrogens with zero attached hydrogens (tertiary/aromatic N) is 3. The highest BCUT2D eigenvalue weighted by atomic mass is 127. The third-order valence-corrected chi connectivity index (χ3v) is 4.78. The summed E-state index contributed by atoms with van der Waals surface area (Å²) in [6.45, 7) is 3.94. The van der Waals surface area contributed by atoms with Crippen LogP contribution in [0.1, 0.15) is 18.2 Å². The fourth-order valence-corrected chi connectivity index (χ4v) is 3.13. The van der Waals surface area contributed by atoms with Crippen LogP contribution >= 0.6 is 46.9 Å². The van der Waals surface area contributed by atoms with Crippen molar-refractivity contribution in [2.45, 2.75) is 19.9 Å². The van der Waals surface area contributed by atoms with Crippen LogP contribution in [0.4, 0.5) is 9.52 Å². The lowest BCUT2D eigenvalue weighted by molar-refractivity contribution is 0.627. The molecular formula is C17H24ClFIN5S. The zero-order chi connectivity index (χ0) is 18.2. The van der Waals surface area contributed by atoms with Gasteiger partial charge in [-0.15, -0.1) is 35.3 Å². The van der Waals surface area contributed by atoms with Gasteiger partial charge in [0, 0.05) is 37.6 Å². The largest absolute Gasteiger partial charge is 0.357 e. The average Bonchev–Trinajstić information content (AvgIpc) is 3.04. The van der Waals surface area contributed by atoms with Gasteiger partial charge in [-0.25, -0.2) is 14.4 Å². The molecule has 2 aromatic rings. The summed E-state index contributed by atoms with van der Waals surface area (Å²) in [5, 5.41) is 9.89. The second-order valence-corrected chi connectivity index (χ2v) is 6.87. The van der Waals surface area contributed by atoms with Gasteiger partial charge in [0.25, 0.3) is 0 Å². The Morgan fingerprint density at radius 2 is 2.12 bits per heavy atom. The fourth-order valence-electron chi connectivity index (χ4n) is 2.12. The SMILES string of the molecule is CCNC(=NCc1csc(N(C)C)n1)NCCc1ccc(F)cc1Cl.I. The first kappa shape index (κ1) is 22.9. The molecule has 26 heavy (non-hydrogen) atoms. The molecule has 0 atom stereocenters. The molecule has 1 heterocycles. The minimum atomic E-state index is -0.322. The van der Waals surface area contributed by atoms with E-state index in [1.165, 1.54) is 12.1 Å². The van der Waals surface area contributed by atoms with Crippen molar-refractivity contribution >= 4 is 58.0 Å². The molecule has 0 fully saturated rings. The molecule has 0 aliphatic carbocycles. The van der Waals surface area contributed by atoms with Crippen molar-refractivity contribution < 1.29 is 4.39 Å². The maximum atomic E-state index is 13.1. The molecule has 0 spiro atoms. The molecule has 0 aliphatic rings. The number of guanidine groups is 1. The van der Waals surface area contributed by atoms with E-state index in [-0.39, 0.29) is 29.8 Å². The Balaban J connectivity index is 0.00000338. The lowest BCUT2D eigenvalue weighted by atomic mass is 10.1. The van der Waals surface area contributed by atoms with E-state index in [4.69, 9.17) is 11.6 Å². The summed E-state index contributed by atoms with van der Waals surface area (Å²) in [7, 11) is 3.94. The Morgan fingerprint density at radius 1 is 1.35 bits per heavy atom. The third-order valence-electron chi connectivity index (χ3n) is 3.37. The molecule has 0 saturated carbocycles. The predicted molar refractivity (Wildman–Crippen MR) is 120 cm³/mol. The number of benzene rings is 1. The van der Waals surface area contributed by atoms with Crippen LogP contribution in [0.25, 0.3) is 0 Å². The van der Waals surface area contributed by atoms with E-state index in [2.05, 4.69) is 20.6 Å². The zero-order valence-corrected chi connectivity index (χ0v) is 19.0. The molecular weight excluding hydrogens is 488 g/mol. The maximum absolute atomic E-state index is 13.1. The molecule has 144 valence electrons. The number of nitrogens with one attached hydrogen (secondary N) is 2. The number of halogens is 3. The van der Waals surface area contributed by atoms with Gasteiger partial charge in [0.2, 0.25) is 0 Å². The maximum Gasteiger partial charge on any atom is 0.191 e. The number of rotatable bonds is 7. The normalized spacial score (nSPS) is 11.0. The van der Waals surface area contributed by atoms with Crippen molar-refractivity contribution in [2.75, 3.05) is 32.1 Å². The first-order chi connectivity index (χ1) is 12.0. The molecule has 0 unspecified atom stereocenters. The van der Waals surface area contributed by atoms with Gasteiger partial charge in [0.1, 0.15) is 5.82 Å². The van der Waals surface area contributed by atoms with E-state index in [1.807, 2.05) is 31.3 Å². The Bertz CT molecular complexity index is 723. The van der Waals surface area contributed by atoms with Crippen LogP contribution < -0.4 is 15.5 Å². The summed E-state index contributed by atoms with van der Waals surface area (Å²) in [5.74, 6) is 0.400. The number of hydrogen-bond acceptors (Lipinski definition) is 4. The average molecular weight is 512 g/mol. The molecule has 0 saturated heterocycles. The van der Waals surface area contributed by atoms with Gasteiger partial charge in [-0.2, -0.15) is 0 Å². The van der Waals surface area contributed by atoms with Crippen molar-refractivity contribution in [1.82, 2.24) is 15.6 Å². The van der Waals surface area contributed by atoms with Crippen molar-refractivity contribution in [3.63, 3.8) is 0 Å². The highest BCUT2D eigenvalue weighted by Gasteiger charge is 2.05. The van der Waals surface area contributed by atoms with Crippen LogP contribution in [0.2, 0.25) is 5.02 Å². The highest BCUT2D eigenvalue weighted by Crippen LogP contribution is 2.18. The Kier molecular flexibility index (Phi) is 10.2. The molecule has 9 heteroatoms. The molecule has 0 aliphatic heterocycles. The number of aliphatic imine (C=N–C) groups is 1. The quantitative estimate of drug-likeness (QED) is 0.336. The van der Waals surface area contributed by atoms with E-state index >= 15 is 0 Å². The van der Waals surface area contributed by atoms with Crippen molar-refractivity contribution in [3.8, 4) is 0 Å². The monoisotopic (exact) mass is 511 g/mol. The minimum Gasteiger partial charge on any atom is -0.357 e. The summed E-state index contributed by atoms with van der Waals surface area (Å²) < 4.78 is 13.1. The van der Waals surface area contributed by atoms with Crippen molar-refractivity contribution in [1.29, 1.82) is 0 Å². The van der Waals surface area contributed by atoms with Gasteiger partial charge in [-0.1, -0.05) is 17.7 Å². The van der Waals surface area contributed by atoms with Gasteiger partial charge in [-0.3, -0.25) is 0 Å². The van der Waals surface area contributed by atoms with Gasteiger partial charge < -0.3 is 15.5 Å². The second kappa shape index (κ2) is 11.6. The molecule has 2 N–H and O–H groups in total. The van der Waals surface area contributed by atoms with Crippen LogP contribution in [-0.2, 0) is 13.0 Å². The van der Waals surface area contributed by atoms with Crippen molar-refractivity contribution in [2.24, 2.45) is 4.99 Å². The number of anilines is 1. The second-order valence-electron chi connectivity index (χ2n) is 5.62. The highest BCUT2D eigenvalue weighted by molar-refractivity contribution is 14.0. The molecule has 1 aromatic heterocycles. The van der Waals surface area contributed by atoms with Crippen LogP contribution in [0.3, 0.4) is 0 Å². The number of hydrogen-bond donors (Lipinski definition) is 2. The zero-order valence-electron chi connectivity index (χ0n) is 15.1. The third kappa shape index (κ3) is 7.24. The molecule has 0 amide bonds. The summed E-state index contributed by atoms with van der Waals surface area (Å²) in [6.07, 6.45) is 0.686. The van der Waals surface area contributed by atoms with Gasteiger partial charge >= 0.3 is 0 Å². The van der Waals surface area contributed by atoms with Crippen LogP contribution in [0.15, 0.2) is 28.6 Å². The lowest BCUT2D eigenvalue weighted by Gasteiger charge is -2.11. The first-order valence-electron chi connectivity index (χ1n) is 8.07. The molecule has 5 nitrogen and oxygen atoms in total. The van der Waals surface area contributed by atoms with E-state index in [1.54, 1.807) is 17.4 Å². The van der Waals surface area contributed by atoms with E-state index in [9.17, 15) is 4.39 Å². The Labute approximate surface area is 180 Å². The molecule has 0 radical (unpaired) electrons. The van der Waals surface area contributed by atoms with E-state index in [0.717, 1.165) is 28.9 Å². The Hall–Kier alpha value is -1.13. The smallest absolute Gasteiger partial charge is 0.191 e. The topological polar surface area (TPSA) is 52.6 Å². The van der Waals surface area contributed by atoms with Crippen molar-refractivity contribution in [3.05, 3.63) is 45.7 Å². The van der Waals surface area contributed by atoms with Gasteiger partial charge in [-0.05, 0) is 31.0 Å². The summed E-state index contributed by atoms with van der Waals surface area (Å²) in [6, 6.07) is 4.47. The lowest BCUT2D eigenvalue weighted by Crippen LogP contribution is -2.38. The van der Waals surface area contributed by atoms with Crippen LogP contribution in [0, 0.1) is 5.82 Å². The molecule has 2 rings (SSSR count). The summed E-state index contributed by atoms with van der Waals surface area (Å²) in [5.41, 5.74) is 1.84. The standard InChI is InChI=1S/C17H23ClFN5S.HI/c1-4-20-16(22-10-14-11-25-17(23-14)24(2)3)21-8-7-12-5-6-13(19)9-15(12)18;/h5-6,9,11H,4,7-8,10H2,1-3H3,(H2,20,21,22);1H. The molecule has 1 aromatic carbocycles. The van der Waals surface area contributed by atoms with E-state index < -0.39 is 0 Å². The van der Waals surface area contributed by atoms with E-state index in [0.29, 0.717) is 24.5 Å². The number of aromatic nitrogens is 1.